The molecule has 0 aromatic heterocycles. The van der Waals surface area contributed by atoms with Gasteiger partial charge < -0.3 is 0 Å². The molecule has 1 saturated heterocycles. The zero-order valence-corrected chi connectivity index (χ0v) is 10.0. The quantitative estimate of drug-likeness (QED) is 0.827. The third-order valence-corrected chi connectivity index (χ3v) is 3.47. The first-order chi connectivity index (χ1) is 9.04. The second-order valence-electron chi connectivity index (χ2n) is 4.78. The fourth-order valence-electron chi connectivity index (χ4n) is 2.41. The van der Waals surface area contributed by atoms with Crippen LogP contribution in [0.25, 0.3) is 10.8 Å². The fraction of sp³-hybridized carbons (Fsp3) is 0.286. The van der Waals surface area contributed by atoms with Crippen molar-refractivity contribution in [1.82, 2.24) is 10.9 Å². The van der Waals surface area contributed by atoms with Crippen molar-refractivity contribution >= 4 is 10.8 Å². The van der Waals surface area contributed by atoms with Crippen molar-refractivity contribution in [1.29, 1.82) is 0 Å². The molecule has 0 saturated carbocycles. The molecule has 100 valence electrons. The van der Waals surface area contributed by atoms with Gasteiger partial charge >= 0.3 is 6.18 Å². The highest BCUT2D eigenvalue weighted by atomic mass is 19.4. The number of hydrazine groups is 1. The first-order valence-electron chi connectivity index (χ1n) is 6.10. The second-order valence-corrected chi connectivity index (χ2v) is 4.78. The van der Waals surface area contributed by atoms with E-state index in [2.05, 4.69) is 10.9 Å². The highest BCUT2D eigenvalue weighted by Crippen LogP contribution is 2.32. The van der Waals surface area contributed by atoms with Gasteiger partial charge in [0.25, 0.3) is 0 Å². The van der Waals surface area contributed by atoms with E-state index in [0.717, 1.165) is 16.3 Å². The molecule has 2 N–H and O–H groups in total. The van der Waals surface area contributed by atoms with E-state index in [9.17, 15) is 13.2 Å². The third-order valence-electron chi connectivity index (χ3n) is 3.47. The van der Waals surface area contributed by atoms with E-state index in [1.54, 1.807) is 0 Å². The van der Waals surface area contributed by atoms with Crippen LogP contribution in [0.1, 0.15) is 18.0 Å². The van der Waals surface area contributed by atoms with Gasteiger partial charge in [-0.2, -0.15) is 13.2 Å². The lowest BCUT2D eigenvalue weighted by Crippen LogP contribution is -2.40. The molecular formula is C14H13F3N2. The number of benzene rings is 2. The summed E-state index contributed by atoms with van der Waals surface area (Å²) >= 11 is 0. The topological polar surface area (TPSA) is 24.1 Å². The molecule has 0 amide bonds. The summed E-state index contributed by atoms with van der Waals surface area (Å²) in [5.41, 5.74) is 5.92. The number of hydrogen-bond donors (Lipinski definition) is 2. The lowest BCUT2D eigenvalue weighted by atomic mass is 9.99. The van der Waals surface area contributed by atoms with E-state index in [4.69, 9.17) is 0 Å². The summed E-state index contributed by atoms with van der Waals surface area (Å²) in [6.45, 7) is 0. The maximum atomic E-state index is 12.6. The van der Waals surface area contributed by atoms with Crippen LogP contribution in [0.5, 0.6) is 0 Å². The van der Waals surface area contributed by atoms with Crippen LogP contribution >= 0.6 is 0 Å². The van der Waals surface area contributed by atoms with Crippen molar-refractivity contribution in [2.24, 2.45) is 0 Å². The van der Waals surface area contributed by atoms with E-state index in [1.165, 1.54) is 0 Å². The maximum Gasteiger partial charge on any atom is 0.405 e. The smallest absolute Gasteiger partial charge is 0.250 e. The van der Waals surface area contributed by atoms with Gasteiger partial charge in [0.15, 0.2) is 0 Å². The molecule has 19 heavy (non-hydrogen) atoms. The monoisotopic (exact) mass is 266 g/mol. The van der Waals surface area contributed by atoms with Gasteiger partial charge in [-0.1, -0.05) is 36.4 Å². The summed E-state index contributed by atoms with van der Waals surface area (Å²) in [4.78, 5) is 0. The Bertz CT molecular complexity index is 595. The van der Waals surface area contributed by atoms with E-state index >= 15 is 0 Å². The highest BCUT2D eigenvalue weighted by molar-refractivity contribution is 5.83. The molecule has 1 aliphatic heterocycles. The van der Waals surface area contributed by atoms with Gasteiger partial charge in [0.1, 0.15) is 6.04 Å². The minimum Gasteiger partial charge on any atom is -0.250 e. The summed E-state index contributed by atoms with van der Waals surface area (Å²) in [6, 6.07) is 11.8. The molecule has 3 rings (SSSR count). The minimum absolute atomic E-state index is 0.0157. The Morgan fingerprint density at radius 3 is 2.37 bits per heavy atom. The van der Waals surface area contributed by atoms with Crippen LogP contribution < -0.4 is 10.9 Å². The first kappa shape index (κ1) is 12.4. The Balaban J connectivity index is 1.86. The van der Waals surface area contributed by atoms with E-state index < -0.39 is 12.2 Å². The molecule has 1 aliphatic rings. The summed E-state index contributed by atoms with van der Waals surface area (Å²) in [6.07, 6.45) is -4.19. The highest BCUT2D eigenvalue weighted by Gasteiger charge is 2.44. The van der Waals surface area contributed by atoms with Crippen molar-refractivity contribution in [3.8, 4) is 0 Å². The largest absolute Gasteiger partial charge is 0.405 e. The predicted octanol–water partition coefficient (Wildman–Crippen LogP) is 3.31. The van der Waals surface area contributed by atoms with E-state index in [1.807, 2.05) is 42.5 Å². The summed E-state index contributed by atoms with van der Waals surface area (Å²) in [5.74, 6) is 0. The lowest BCUT2D eigenvalue weighted by molar-refractivity contribution is -0.153. The second kappa shape index (κ2) is 4.51. The molecular weight excluding hydrogens is 253 g/mol. The summed E-state index contributed by atoms with van der Waals surface area (Å²) in [5, 5.41) is 2.13. The van der Waals surface area contributed by atoms with Gasteiger partial charge in [-0.05, 0) is 28.8 Å². The zero-order chi connectivity index (χ0) is 13.5. The average molecular weight is 266 g/mol. The number of rotatable bonds is 1. The number of halogens is 3. The van der Waals surface area contributed by atoms with Gasteiger partial charge in [0.05, 0.1) is 0 Å². The minimum atomic E-state index is -4.21. The number of hydrogen-bond acceptors (Lipinski definition) is 2. The first-order valence-corrected chi connectivity index (χ1v) is 6.10. The normalized spacial score (nSPS) is 23.9. The van der Waals surface area contributed by atoms with Crippen LogP contribution in [-0.2, 0) is 0 Å². The van der Waals surface area contributed by atoms with Crippen LogP contribution in [0.15, 0.2) is 42.5 Å². The SMILES string of the molecule is FC(F)(F)C1CC(c2ccc3ccccc3c2)NN1. The average Bonchev–Trinajstić information content (AvgIpc) is 2.87. The van der Waals surface area contributed by atoms with E-state index in [0.29, 0.717) is 0 Å². The third kappa shape index (κ3) is 2.43. The molecule has 1 fully saturated rings. The molecule has 0 spiro atoms. The van der Waals surface area contributed by atoms with Crippen LogP contribution in [0.2, 0.25) is 0 Å². The van der Waals surface area contributed by atoms with Gasteiger partial charge in [0, 0.05) is 6.04 Å². The predicted molar refractivity (Wildman–Crippen MR) is 67.4 cm³/mol. The number of fused-ring (bicyclic) bond motifs is 1. The molecule has 2 atom stereocenters. The Hall–Kier alpha value is -1.59. The Morgan fingerprint density at radius 1 is 0.947 bits per heavy atom. The van der Waals surface area contributed by atoms with Crippen LogP contribution in [0, 0.1) is 0 Å². The molecule has 2 aromatic carbocycles. The molecule has 2 aromatic rings. The molecule has 1 heterocycles. The maximum absolute atomic E-state index is 12.6. The van der Waals surface area contributed by atoms with Crippen molar-refractivity contribution in [3.05, 3.63) is 48.0 Å². The number of nitrogens with one attached hydrogen (secondary N) is 2. The number of alkyl halides is 3. The van der Waals surface area contributed by atoms with Gasteiger partial charge in [-0.15, -0.1) is 0 Å². The van der Waals surface area contributed by atoms with Crippen molar-refractivity contribution in [2.45, 2.75) is 24.7 Å². The molecule has 2 nitrogen and oxygen atoms in total. The molecule has 5 heteroatoms. The molecule has 0 bridgehead atoms. The fourth-order valence-corrected chi connectivity index (χ4v) is 2.41. The van der Waals surface area contributed by atoms with Crippen LogP contribution in [0.4, 0.5) is 13.2 Å². The van der Waals surface area contributed by atoms with Gasteiger partial charge in [-0.3, -0.25) is 0 Å². The van der Waals surface area contributed by atoms with Crippen molar-refractivity contribution in [2.75, 3.05) is 0 Å². The van der Waals surface area contributed by atoms with Gasteiger partial charge in [0.2, 0.25) is 0 Å². The molecule has 0 aliphatic carbocycles. The van der Waals surface area contributed by atoms with Crippen LogP contribution in [-0.4, -0.2) is 12.2 Å². The standard InChI is InChI=1S/C14H13F3N2/c15-14(16,17)13-8-12(18-19-13)11-6-5-9-3-1-2-4-10(9)7-11/h1-7,12-13,18-19H,8H2. The summed E-state index contributed by atoms with van der Waals surface area (Å²) < 4.78 is 37.8. The molecule has 0 radical (unpaired) electrons. The van der Waals surface area contributed by atoms with E-state index in [-0.39, 0.29) is 12.5 Å². The zero-order valence-electron chi connectivity index (χ0n) is 10.0. The van der Waals surface area contributed by atoms with Crippen molar-refractivity contribution in [3.63, 3.8) is 0 Å². The Morgan fingerprint density at radius 2 is 1.68 bits per heavy atom. The lowest BCUT2D eigenvalue weighted by Gasteiger charge is -2.13. The Labute approximate surface area is 108 Å². The summed E-state index contributed by atoms with van der Waals surface area (Å²) in [7, 11) is 0. The Kier molecular flexibility index (Phi) is 2.95. The molecule has 2 unspecified atom stereocenters. The van der Waals surface area contributed by atoms with Crippen molar-refractivity contribution < 1.29 is 13.2 Å². The van der Waals surface area contributed by atoms with Gasteiger partial charge in [-0.25, -0.2) is 10.9 Å². The van der Waals surface area contributed by atoms with Crippen LogP contribution in [0.3, 0.4) is 0 Å².